The highest BCUT2D eigenvalue weighted by molar-refractivity contribution is 5.95. The highest BCUT2D eigenvalue weighted by atomic mass is 19.4. The summed E-state index contributed by atoms with van der Waals surface area (Å²) in [6, 6.07) is 3.19. The van der Waals surface area contributed by atoms with Crippen molar-refractivity contribution in [2.24, 2.45) is 0 Å². The number of hydrogen-bond acceptors (Lipinski definition) is 10. The molecular formula is C25H24F4N12O. The highest BCUT2D eigenvalue weighted by Gasteiger charge is 2.50. The number of hydrogen-bond donors (Lipinski definition) is 3. The number of carbonyl (C=O) groups is 1. The van der Waals surface area contributed by atoms with Crippen molar-refractivity contribution in [1.29, 1.82) is 5.26 Å². The Morgan fingerprint density at radius 3 is 2.60 bits per heavy atom. The lowest BCUT2D eigenvalue weighted by Crippen LogP contribution is -2.66. The van der Waals surface area contributed by atoms with Crippen LogP contribution in [0.3, 0.4) is 0 Å². The van der Waals surface area contributed by atoms with Crippen LogP contribution in [0.25, 0.3) is 22.4 Å². The summed E-state index contributed by atoms with van der Waals surface area (Å²) >= 11 is 0. The van der Waals surface area contributed by atoms with Gasteiger partial charge in [0, 0.05) is 38.4 Å². The summed E-state index contributed by atoms with van der Waals surface area (Å²) in [7, 11) is 0. The molecule has 4 aromatic rings. The smallest absolute Gasteiger partial charge is 0.383 e. The molecule has 2 aliphatic heterocycles. The fraction of sp³-hybridized carbons (Fsp3) is 0.400. The van der Waals surface area contributed by atoms with Crippen molar-refractivity contribution in [1.82, 2.24) is 44.5 Å². The zero-order valence-electron chi connectivity index (χ0n) is 21.9. The number of rotatable bonds is 5. The topological polar surface area (TPSA) is 185 Å². The highest BCUT2D eigenvalue weighted by Crippen LogP contribution is 2.42. The Labute approximate surface area is 235 Å². The molecule has 5 N–H and O–H groups in total. The van der Waals surface area contributed by atoms with Crippen LogP contribution < -0.4 is 11.5 Å². The molecule has 0 bridgehead atoms. The van der Waals surface area contributed by atoms with E-state index in [1.807, 2.05) is 0 Å². The van der Waals surface area contributed by atoms with Gasteiger partial charge in [-0.2, -0.15) is 23.5 Å². The second kappa shape index (κ2) is 9.91. The monoisotopic (exact) mass is 584 g/mol. The van der Waals surface area contributed by atoms with Gasteiger partial charge in [0.1, 0.15) is 28.9 Å². The van der Waals surface area contributed by atoms with E-state index in [1.54, 1.807) is 4.68 Å². The van der Waals surface area contributed by atoms with E-state index < -0.39 is 34.7 Å². The molecule has 17 heteroatoms. The number of aromatic amines is 1. The maximum Gasteiger partial charge on any atom is 0.436 e. The minimum Gasteiger partial charge on any atom is -0.383 e. The lowest BCUT2D eigenvalue weighted by molar-refractivity contribution is -0.143. The number of pyridine rings is 1. The van der Waals surface area contributed by atoms with E-state index in [4.69, 9.17) is 11.5 Å². The van der Waals surface area contributed by atoms with E-state index in [9.17, 15) is 27.6 Å². The van der Waals surface area contributed by atoms with Crippen LogP contribution in [0.1, 0.15) is 35.3 Å². The lowest BCUT2D eigenvalue weighted by atomic mass is 9.83. The fourth-order valence-electron chi connectivity index (χ4n) is 5.85. The first-order valence-corrected chi connectivity index (χ1v) is 12.9. The van der Waals surface area contributed by atoms with Crippen LogP contribution in [-0.4, -0.2) is 82.6 Å². The molecule has 13 nitrogen and oxygen atoms in total. The molecule has 218 valence electrons. The van der Waals surface area contributed by atoms with Crippen molar-refractivity contribution in [3.8, 4) is 17.3 Å². The normalized spacial score (nSPS) is 17.7. The van der Waals surface area contributed by atoms with E-state index in [2.05, 4.69) is 41.0 Å². The van der Waals surface area contributed by atoms with E-state index in [0.29, 0.717) is 48.4 Å². The average Bonchev–Trinajstić information content (AvgIpc) is 3.54. The van der Waals surface area contributed by atoms with Gasteiger partial charge in [-0.1, -0.05) is 0 Å². The number of amides is 1. The van der Waals surface area contributed by atoms with Crippen LogP contribution in [0.4, 0.5) is 29.2 Å². The molecule has 2 aliphatic rings. The molecule has 0 radical (unpaired) electrons. The van der Waals surface area contributed by atoms with Gasteiger partial charge < -0.3 is 21.4 Å². The van der Waals surface area contributed by atoms with E-state index in [1.165, 1.54) is 17.6 Å². The molecule has 0 aliphatic carbocycles. The summed E-state index contributed by atoms with van der Waals surface area (Å²) in [5.74, 6) is -2.10. The van der Waals surface area contributed by atoms with Gasteiger partial charge in [0.15, 0.2) is 23.0 Å². The van der Waals surface area contributed by atoms with Gasteiger partial charge >= 0.3 is 6.18 Å². The fourth-order valence-corrected chi connectivity index (χ4v) is 5.85. The van der Waals surface area contributed by atoms with Crippen molar-refractivity contribution >= 4 is 28.7 Å². The Morgan fingerprint density at radius 1 is 1.17 bits per heavy atom. The van der Waals surface area contributed by atoms with Crippen molar-refractivity contribution < 1.29 is 22.4 Å². The van der Waals surface area contributed by atoms with E-state index in [-0.39, 0.29) is 37.2 Å². The molecule has 0 spiro atoms. The molecule has 42 heavy (non-hydrogen) atoms. The third-order valence-electron chi connectivity index (χ3n) is 7.92. The molecule has 4 aromatic heterocycles. The number of halogens is 4. The average molecular weight is 585 g/mol. The second-order valence-corrected chi connectivity index (χ2v) is 10.4. The van der Waals surface area contributed by atoms with E-state index >= 15 is 0 Å². The van der Waals surface area contributed by atoms with Crippen molar-refractivity contribution in [3.63, 3.8) is 0 Å². The number of H-pyrrole nitrogens is 1. The Balaban J connectivity index is 1.17. The van der Waals surface area contributed by atoms with Crippen molar-refractivity contribution in [3.05, 3.63) is 42.0 Å². The summed E-state index contributed by atoms with van der Waals surface area (Å²) in [6.45, 7) is 1.31. The van der Waals surface area contributed by atoms with E-state index in [0.717, 1.165) is 12.3 Å². The molecule has 0 atom stereocenters. The number of nitrogens with two attached hydrogens (primary N) is 2. The summed E-state index contributed by atoms with van der Waals surface area (Å²) in [4.78, 5) is 35.0. The molecule has 0 unspecified atom stereocenters. The molecule has 0 saturated carbocycles. The Hall–Kier alpha value is -4.85. The van der Waals surface area contributed by atoms with Gasteiger partial charge in [-0.15, -0.1) is 0 Å². The van der Waals surface area contributed by atoms with Crippen molar-refractivity contribution in [2.75, 3.05) is 37.6 Å². The maximum atomic E-state index is 14.5. The summed E-state index contributed by atoms with van der Waals surface area (Å²) in [5, 5.41) is 14.1. The van der Waals surface area contributed by atoms with Gasteiger partial charge in [0.05, 0.1) is 29.9 Å². The molecule has 2 fully saturated rings. The standard InChI is InChI=1S/C25H24F4N12O/c26-16-14(1-6-33-19(16)25(27,28)29)23(42)39-7-2-13(3-8-39)40-9-24(10-40,4-5-30)41-21(32)15(20(31)38-41)17-18-22(36-11-34-17)37-12-35-18/h1,6,11-13H,2-4,7-10,32H2,(H2,31,38)(H,34,35,36,37). The number of aromatic nitrogens is 7. The zero-order valence-corrected chi connectivity index (χ0v) is 21.9. The quantitative estimate of drug-likeness (QED) is 0.294. The largest absolute Gasteiger partial charge is 0.436 e. The molecule has 6 rings (SSSR count). The minimum absolute atomic E-state index is 0.0222. The van der Waals surface area contributed by atoms with Gasteiger partial charge in [-0.05, 0) is 18.9 Å². The molecule has 0 aromatic carbocycles. The first-order chi connectivity index (χ1) is 20.0. The number of nitrogens with one attached hydrogen (secondary N) is 1. The Morgan fingerprint density at radius 2 is 1.90 bits per heavy atom. The molecule has 6 heterocycles. The van der Waals surface area contributed by atoms with Crippen LogP contribution in [0, 0.1) is 17.1 Å². The zero-order chi connectivity index (χ0) is 29.8. The maximum absolute atomic E-state index is 14.5. The van der Waals surface area contributed by atoms with Crippen LogP contribution >= 0.6 is 0 Å². The predicted octanol–water partition coefficient (Wildman–Crippen LogP) is 2.16. The van der Waals surface area contributed by atoms with Crippen molar-refractivity contribution in [2.45, 2.75) is 37.0 Å². The number of piperidine rings is 1. The number of nitriles is 1. The minimum atomic E-state index is -5.01. The lowest BCUT2D eigenvalue weighted by Gasteiger charge is -2.53. The summed E-state index contributed by atoms with van der Waals surface area (Å²) in [5.41, 5.74) is 11.5. The Bertz CT molecular complexity index is 1710. The number of carbonyl (C=O) groups excluding carboxylic acids is 1. The van der Waals surface area contributed by atoms with Gasteiger partial charge in [0.2, 0.25) is 0 Å². The van der Waals surface area contributed by atoms with Gasteiger partial charge in [-0.25, -0.2) is 29.0 Å². The van der Waals surface area contributed by atoms with Gasteiger partial charge in [0.25, 0.3) is 5.91 Å². The first-order valence-electron chi connectivity index (χ1n) is 12.9. The summed E-state index contributed by atoms with van der Waals surface area (Å²) < 4.78 is 55.2. The predicted molar refractivity (Wildman–Crippen MR) is 140 cm³/mol. The number of nitrogens with zero attached hydrogens (tertiary/aromatic N) is 9. The SMILES string of the molecule is N#CCC1(n2nc(N)c(-c3ncnc4nc[nH]c34)c2N)CN(C2CCN(C(=O)c3ccnc(C(F)(F)F)c3F)CC2)C1. The number of fused-ring (bicyclic) bond motifs is 1. The number of likely N-dealkylation sites (tertiary alicyclic amines) is 2. The van der Waals surface area contributed by atoms with Crippen LogP contribution in [0.5, 0.6) is 0 Å². The second-order valence-electron chi connectivity index (χ2n) is 10.4. The molecular weight excluding hydrogens is 560 g/mol. The number of alkyl halides is 3. The van der Waals surface area contributed by atoms with Crippen LogP contribution in [-0.2, 0) is 11.7 Å². The molecule has 1 amide bonds. The third kappa shape index (κ3) is 4.34. The summed E-state index contributed by atoms with van der Waals surface area (Å²) in [6.07, 6.45) is -0.279. The molecule has 2 saturated heterocycles. The first kappa shape index (κ1) is 27.3. The number of imidazole rings is 1. The Kier molecular flexibility index (Phi) is 6.44. The van der Waals surface area contributed by atoms with Crippen LogP contribution in [0.2, 0.25) is 0 Å². The number of anilines is 2. The number of nitrogen functional groups attached to an aromatic ring is 2. The van der Waals surface area contributed by atoms with Gasteiger partial charge in [-0.3, -0.25) is 9.69 Å². The van der Waals surface area contributed by atoms with Crippen LogP contribution in [0.15, 0.2) is 24.9 Å². The third-order valence-corrected chi connectivity index (χ3v) is 7.92.